The second kappa shape index (κ2) is 6.00. The molecular formula is C12H16N2O5S. The number of carboxylic acids is 1. The standard InChI is InChI=1S/C12H16N2O5S/c1-8(7-20(3,18)19)14(2)11(15)9-4-5-10(12(16)17)13-6-9/h4-6,8H,7H2,1-3H3,(H,16,17). The monoisotopic (exact) mass is 300 g/mol. The fourth-order valence-electron chi connectivity index (χ4n) is 1.60. The third kappa shape index (κ3) is 4.30. The van der Waals surface area contributed by atoms with E-state index in [4.69, 9.17) is 5.11 Å². The summed E-state index contributed by atoms with van der Waals surface area (Å²) in [5.74, 6) is -1.73. The van der Waals surface area contributed by atoms with Gasteiger partial charge in [-0.05, 0) is 19.1 Å². The Hall–Kier alpha value is -1.96. The van der Waals surface area contributed by atoms with Crippen LogP contribution in [0.4, 0.5) is 0 Å². The number of pyridine rings is 1. The molecule has 1 N–H and O–H groups in total. The molecule has 20 heavy (non-hydrogen) atoms. The van der Waals surface area contributed by atoms with Crippen molar-refractivity contribution in [3.8, 4) is 0 Å². The highest BCUT2D eigenvalue weighted by Gasteiger charge is 2.21. The van der Waals surface area contributed by atoms with Crippen LogP contribution in [0.3, 0.4) is 0 Å². The molecule has 0 aromatic carbocycles. The maximum Gasteiger partial charge on any atom is 0.354 e. The van der Waals surface area contributed by atoms with Crippen molar-refractivity contribution in [2.75, 3.05) is 19.1 Å². The fourth-order valence-corrected chi connectivity index (χ4v) is 2.70. The number of sulfone groups is 1. The van der Waals surface area contributed by atoms with Crippen LogP contribution >= 0.6 is 0 Å². The van der Waals surface area contributed by atoms with Crippen molar-refractivity contribution >= 4 is 21.7 Å². The number of carbonyl (C=O) groups excluding carboxylic acids is 1. The van der Waals surface area contributed by atoms with E-state index in [-0.39, 0.29) is 17.0 Å². The van der Waals surface area contributed by atoms with E-state index in [0.717, 1.165) is 12.5 Å². The van der Waals surface area contributed by atoms with Crippen LogP contribution in [0.2, 0.25) is 0 Å². The van der Waals surface area contributed by atoms with Gasteiger partial charge in [0, 0.05) is 25.5 Å². The van der Waals surface area contributed by atoms with Crippen molar-refractivity contribution in [2.45, 2.75) is 13.0 Å². The molecule has 0 saturated carbocycles. The van der Waals surface area contributed by atoms with Crippen LogP contribution in [-0.4, -0.2) is 60.4 Å². The first-order valence-corrected chi connectivity index (χ1v) is 7.82. The van der Waals surface area contributed by atoms with Gasteiger partial charge in [0.05, 0.1) is 11.3 Å². The lowest BCUT2D eigenvalue weighted by molar-refractivity contribution is 0.0687. The van der Waals surface area contributed by atoms with E-state index in [9.17, 15) is 18.0 Å². The van der Waals surface area contributed by atoms with E-state index < -0.39 is 27.8 Å². The maximum absolute atomic E-state index is 12.1. The molecule has 0 spiro atoms. The van der Waals surface area contributed by atoms with Crippen molar-refractivity contribution in [2.24, 2.45) is 0 Å². The molecule has 1 atom stereocenters. The second-order valence-electron chi connectivity index (χ2n) is 4.59. The van der Waals surface area contributed by atoms with Crippen molar-refractivity contribution in [3.63, 3.8) is 0 Å². The number of amides is 1. The van der Waals surface area contributed by atoms with E-state index in [2.05, 4.69) is 4.98 Å². The van der Waals surface area contributed by atoms with Gasteiger partial charge in [0.1, 0.15) is 15.5 Å². The van der Waals surface area contributed by atoms with E-state index in [1.807, 2.05) is 0 Å². The molecule has 0 fully saturated rings. The van der Waals surface area contributed by atoms with E-state index >= 15 is 0 Å². The van der Waals surface area contributed by atoms with Crippen LogP contribution in [0, 0.1) is 0 Å². The largest absolute Gasteiger partial charge is 0.477 e. The molecule has 0 radical (unpaired) electrons. The van der Waals surface area contributed by atoms with Gasteiger partial charge in [0.15, 0.2) is 0 Å². The molecule has 0 bridgehead atoms. The fraction of sp³-hybridized carbons (Fsp3) is 0.417. The molecule has 0 aliphatic rings. The highest BCUT2D eigenvalue weighted by atomic mass is 32.2. The Bertz CT molecular complexity index is 609. The molecule has 0 saturated heterocycles. The number of hydrogen-bond donors (Lipinski definition) is 1. The molecule has 1 unspecified atom stereocenters. The predicted octanol–water partition coefficient (Wildman–Crippen LogP) is 0.285. The van der Waals surface area contributed by atoms with E-state index in [1.54, 1.807) is 6.92 Å². The summed E-state index contributed by atoms with van der Waals surface area (Å²) in [7, 11) is -1.70. The Morgan fingerprint density at radius 2 is 2.00 bits per heavy atom. The molecule has 1 rings (SSSR count). The Morgan fingerprint density at radius 3 is 2.40 bits per heavy atom. The molecule has 1 aromatic rings. The lowest BCUT2D eigenvalue weighted by Gasteiger charge is -2.24. The maximum atomic E-state index is 12.1. The van der Waals surface area contributed by atoms with Crippen molar-refractivity contribution in [1.82, 2.24) is 9.88 Å². The van der Waals surface area contributed by atoms with E-state index in [0.29, 0.717) is 0 Å². The van der Waals surface area contributed by atoms with Crippen LogP contribution in [0.25, 0.3) is 0 Å². The van der Waals surface area contributed by atoms with Gasteiger partial charge in [0.2, 0.25) is 0 Å². The molecule has 1 amide bonds. The molecule has 0 aliphatic heterocycles. The first-order chi connectivity index (χ1) is 9.11. The molecule has 7 nitrogen and oxygen atoms in total. The van der Waals surface area contributed by atoms with Gasteiger partial charge in [-0.1, -0.05) is 0 Å². The van der Waals surface area contributed by atoms with Crippen LogP contribution in [0.5, 0.6) is 0 Å². The van der Waals surface area contributed by atoms with Gasteiger partial charge in [0.25, 0.3) is 5.91 Å². The lowest BCUT2D eigenvalue weighted by atomic mass is 10.2. The minimum Gasteiger partial charge on any atom is -0.477 e. The predicted molar refractivity (Wildman–Crippen MR) is 72.5 cm³/mol. The zero-order valence-electron chi connectivity index (χ0n) is 11.4. The number of aromatic carboxylic acids is 1. The Morgan fingerprint density at radius 1 is 1.40 bits per heavy atom. The van der Waals surface area contributed by atoms with Crippen molar-refractivity contribution in [1.29, 1.82) is 0 Å². The van der Waals surface area contributed by atoms with Crippen LogP contribution in [0.1, 0.15) is 27.8 Å². The van der Waals surface area contributed by atoms with Crippen LogP contribution in [-0.2, 0) is 9.84 Å². The number of carbonyl (C=O) groups is 2. The highest BCUT2D eigenvalue weighted by molar-refractivity contribution is 7.90. The first-order valence-electron chi connectivity index (χ1n) is 5.76. The molecular weight excluding hydrogens is 284 g/mol. The van der Waals surface area contributed by atoms with Gasteiger partial charge < -0.3 is 10.0 Å². The van der Waals surface area contributed by atoms with E-state index in [1.165, 1.54) is 24.1 Å². The average molecular weight is 300 g/mol. The Balaban J connectivity index is 2.86. The summed E-state index contributed by atoms with van der Waals surface area (Å²) in [6.45, 7) is 1.62. The van der Waals surface area contributed by atoms with Gasteiger partial charge >= 0.3 is 5.97 Å². The number of aromatic nitrogens is 1. The highest BCUT2D eigenvalue weighted by Crippen LogP contribution is 2.08. The molecule has 110 valence electrons. The minimum absolute atomic E-state index is 0.143. The summed E-state index contributed by atoms with van der Waals surface area (Å²) in [5, 5.41) is 8.71. The number of rotatable bonds is 5. The molecule has 8 heteroatoms. The second-order valence-corrected chi connectivity index (χ2v) is 6.78. The minimum atomic E-state index is -3.19. The Kier molecular flexibility index (Phi) is 4.83. The molecule has 1 heterocycles. The van der Waals surface area contributed by atoms with Gasteiger partial charge in [-0.25, -0.2) is 18.2 Å². The van der Waals surface area contributed by atoms with Gasteiger partial charge in [-0.3, -0.25) is 4.79 Å². The Labute approximate surface area is 117 Å². The lowest BCUT2D eigenvalue weighted by Crippen LogP contribution is -2.39. The first kappa shape index (κ1) is 16.1. The SMILES string of the molecule is CC(CS(C)(=O)=O)N(C)C(=O)c1ccc(C(=O)O)nc1. The smallest absolute Gasteiger partial charge is 0.354 e. The number of carboxylic acid groups (broad SMARTS) is 1. The zero-order valence-corrected chi connectivity index (χ0v) is 12.2. The van der Waals surface area contributed by atoms with Gasteiger partial charge in [-0.2, -0.15) is 0 Å². The number of nitrogens with zero attached hydrogens (tertiary/aromatic N) is 2. The van der Waals surface area contributed by atoms with Crippen LogP contribution in [0.15, 0.2) is 18.3 Å². The summed E-state index contributed by atoms with van der Waals surface area (Å²) in [6, 6.07) is 2.09. The quantitative estimate of drug-likeness (QED) is 0.837. The van der Waals surface area contributed by atoms with Crippen molar-refractivity contribution in [3.05, 3.63) is 29.6 Å². The third-order valence-corrected chi connectivity index (χ3v) is 3.84. The van der Waals surface area contributed by atoms with Crippen molar-refractivity contribution < 1.29 is 23.1 Å². The topological polar surface area (TPSA) is 105 Å². The molecule has 0 aliphatic carbocycles. The molecule has 1 aromatic heterocycles. The summed E-state index contributed by atoms with van der Waals surface area (Å²) in [4.78, 5) is 27.7. The summed E-state index contributed by atoms with van der Waals surface area (Å²) >= 11 is 0. The number of hydrogen-bond acceptors (Lipinski definition) is 5. The van der Waals surface area contributed by atoms with Crippen LogP contribution < -0.4 is 0 Å². The summed E-state index contributed by atoms with van der Waals surface area (Å²) in [6.07, 6.45) is 2.26. The summed E-state index contributed by atoms with van der Waals surface area (Å²) < 4.78 is 22.4. The third-order valence-electron chi connectivity index (χ3n) is 2.76. The normalized spacial score (nSPS) is 12.8. The summed E-state index contributed by atoms with van der Waals surface area (Å²) in [5.41, 5.74) is 0.0474. The zero-order chi connectivity index (χ0) is 15.5. The average Bonchev–Trinajstić information content (AvgIpc) is 2.35. The van der Waals surface area contributed by atoms with Gasteiger partial charge in [-0.15, -0.1) is 0 Å².